The maximum atomic E-state index is 12.4. The highest BCUT2D eigenvalue weighted by atomic mass is 16.5. The zero-order valence-electron chi connectivity index (χ0n) is 14.4. The first-order valence-corrected chi connectivity index (χ1v) is 9.04. The summed E-state index contributed by atoms with van der Waals surface area (Å²) in [6.45, 7) is 5.20. The quantitative estimate of drug-likeness (QED) is 0.751. The number of carbonyl (C=O) groups is 1. The van der Waals surface area contributed by atoms with Gasteiger partial charge in [-0.1, -0.05) is 0 Å². The molecule has 8 nitrogen and oxygen atoms in total. The molecule has 0 atom stereocenters. The highest BCUT2D eigenvalue weighted by molar-refractivity contribution is 5.86. The third-order valence-corrected chi connectivity index (χ3v) is 5.37. The second-order valence-electron chi connectivity index (χ2n) is 7.07. The van der Waals surface area contributed by atoms with Crippen molar-refractivity contribution in [3.8, 4) is 0 Å². The van der Waals surface area contributed by atoms with Crippen LogP contribution in [0.25, 0.3) is 0 Å². The van der Waals surface area contributed by atoms with Gasteiger partial charge >= 0.3 is 0 Å². The van der Waals surface area contributed by atoms with Gasteiger partial charge in [0.2, 0.25) is 0 Å². The van der Waals surface area contributed by atoms with E-state index < -0.39 is 5.60 Å². The maximum Gasteiger partial charge on any atom is 0.257 e. The van der Waals surface area contributed by atoms with Crippen molar-refractivity contribution in [1.82, 2.24) is 20.2 Å². The molecular weight excluding hydrogens is 322 g/mol. The molecule has 0 unspecified atom stereocenters. The van der Waals surface area contributed by atoms with Crippen molar-refractivity contribution in [3.63, 3.8) is 0 Å². The Labute approximate surface area is 147 Å². The Kier molecular flexibility index (Phi) is 4.58. The number of aliphatic hydroxyl groups is 1. The van der Waals surface area contributed by atoms with Gasteiger partial charge in [0.15, 0.2) is 5.60 Å². The number of carbonyl (C=O) groups excluding carboxylic acids is 1. The Hall–Kier alpha value is -1.77. The number of likely N-dealkylation sites (tertiary alicyclic amines) is 1. The van der Waals surface area contributed by atoms with Crippen LogP contribution in [0.1, 0.15) is 24.6 Å². The SMILES string of the molecule is O=C(N1CCC(c2nccc(N3CCOCC3)n2)CC1)C1(O)CNC1. The Bertz CT molecular complexity index is 622. The Morgan fingerprint density at radius 1 is 1.24 bits per heavy atom. The van der Waals surface area contributed by atoms with E-state index in [2.05, 4.69) is 15.2 Å². The first kappa shape index (κ1) is 16.7. The number of anilines is 1. The van der Waals surface area contributed by atoms with Gasteiger partial charge < -0.3 is 25.0 Å². The van der Waals surface area contributed by atoms with E-state index in [4.69, 9.17) is 9.72 Å². The second-order valence-corrected chi connectivity index (χ2v) is 7.07. The van der Waals surface area contributed by atoms with Gasteiger partial charge in [-0.2, -0.15) is 0 Å². The molecule has 3 aliphatic heterocycles. The second kappa shape index (κ2) is 6.86. The maximum absolute atomic E-state index is 12.4. The molecule has 4 rings (SSSR count). The van der Waals surface area contributed by atoms with Gasteiger partial charge in [0.25, 0.3) is 5.91 Å². The Balaban J connectivity index is 1.38. The van der Waals surface area contributed by atoms with Crippen molar-refractivity contribution in [2.45, 2.75) is 24.4 Å². The molecule has 25 heavy (non-hydrogen) atoms. The lowest BCUT2D eigenvalue weighted by molar-refractivity contribution is -0.157. The molecular formula is C17H25N5O3. The van der Waals surface area contributed by atoms with Crippen LogP contribution in [0.2, 0.25) is 0 Å². The van der Waals surface area contributed by atoms with Crippen LogP contribution in [0.15, 0.2) is 12.3 Å². The van der Waals surface area contributed by atoms with E-state index >= 15 is 0 Å². The van der Waals surface area contributed by atoms with Crippen LogP contribution in [0.4, 0.5) is 5.82 Å². The summed E-state index contributed by atoms with van der Waals surface area (Å²) >= 11 is 0. The normalized spacial score (nSPS) is 24.0. The molecule has 0 radical (unpaired) electrons. The summed E-state index contributed by atoms with van der Waals surface area (Å²) in [6.07, 6.45) is 3.50. The fourth-order valence-corrected chi connectivity index (χ4v) is 3.68. The van der Waals surface area contributed by atoms with Crippen LogP contribution >= 0.6 is 0 Å². The number of β-amino-alcohol motifs (C(OH)–C–C–N with tert-alkyl or cyclic N) is 1. The third kappa shape index (κ3) is 3.33. The number of piperidine rings is 1. The molecule has 0 bridgehead atoms. The molecule has 1 aromatic rings. The summed E-state index contributed by atoms with van der Waals surface area (Å²) in [4.78, 5) is 25.6. The summed E-state index contributed by atoms with van der Waals surface area (Å²) in [5.74, 6) is 1.94. The lowest BCUT2D eigenvalue weighted by Gasteiger charge is -2.42. The first-order valence-electron chi connectivity index (χ1n) is 9.04. The van der Waals surface area contributed by atoms with Crippen molar-refractivity contribution in [3.05, 3.63) is 18.1 Å². The third-order valence-electron chi connectivity index (χ3n) is 5.37. The smallest absolute Gasteiger partial charge is 0.257 e. The Morgan fingerprint density at radius 3 is 2.60 bits per heavy atom. The standard InChI is InChI=1S/C17H25N5O3/c23-16(17(24)11-18-12-17)22-5-2-13(3-6-22)15-19-4-1-14(20-15)21-7-9-25-10-8-21/h1,4,13,18,24H,2-3,5-12H2. The average Bonchev–Trinajstić information content (AvgIpc) is 2.66. The summed E-state index contributed by atoms with van der Waals surface area (Å²) in [7, 11) is 0. The fourth-order valence-electron chi connectivity index (χ4n) is 3.68. The predicted octanol–water partition coefficient (Wildman–Crippen LogP) is -0.646. The molecule has 8 heteroatoms. The van der Waals surface area contributed by atoms with E-state index in [1.807, 2.05) is 12.3 Å². The van der Waals surface area contributed by atoms with Crippen LogP contribution in [-0.4, -0.2) is 84.0 Å². The molecule has 1 amide bonds. The zero-order valence-corrected chi connectivity index (χ0v) is 14.4. The molecule has 136 valence electrons. The average molecular weight is 347 g/mol. The minimum absolute atomic E-state index is 0.146. The summed E-state index contributed by atoms with van der Waals surface area (Å²) in [5, 5.41) is 13.2. The monoisotopic (exact) mass is 347 g/mol. The van der Waals surface area contributed by atoms with Crippen LogP contribution in [-0.2, 0) is 9.53 Å². The number of aromatic nitrogens is 2. The van der Waals surface area contributed by atoms with Gasteiger partial charge in [0.05, 0.1) is 13.2 Å². The number of morpholine rings is 1. The van der Waals surface area contributed by atoms with E-state index in [0.717, 1.165) is 50.8 Å². The molecule has 3 aliphatic rings. The molecule has 2 N–H and O–H groups in total. The van der Waals surface area contributed by atoms with E-state index in [-0.39, 0.29) is 11.8 Å². The summed E-state index contributed by atoms with van der Waals surface area (Å²) < 4.78 is 5.40. The fraction of sp³-hybridized carbons (Fsp3) is 0.706. The lowest BCUT2D eigenvalue weighted by atomic mass is 9.91. The number of ether oxygens (including phenoxy) is 1. The molecule has 0 saturated carbocycles. The van der Waals surface area contributed by atoms with Crippen molar-refractivity contribution in [2.75, 3.05) is 57.4 Å². The predicted molar refractivity (Wildman–Crippen MR) is 91.4 cm³/mol. The topological polar surface area (TPSA) is 90.8 Å². The number of hydrogen-bond acceptors (Lipinski definition) is 7. The van der Waals surface area contributed by atoms with Crippen LogP contribution in [0.5, 0.6) is 0 Å². The molecule has 1 aromatic heterocycles. The molecule has 3 fully saturated rings. The molecule has 4 heterocycles. The molecule has 0 spiro atoms. The number of hydrogen-bond donors (Lipinski definition) is 2. The number of nitrogens with one attached hydrogen (secondary N) is 1. The van der Waals surface area contributed by atoms with E-state index in [0.29, 0.717) is 26.2 Å². The highest BCUT2D eigenvalue weighted by Gasteiger charge is 2.45. The van der Waals surface area contributed by atoms with Crippen LogP contribution in [0, 0.1) is 0 Å². The highest BCUT2D eigenvalue weighted by Crippen LogP contribution is 2.28. The molecule has 0 aliphatic carbocycles. The number of rotatable bonds is 3. The van der Waals surface area contributed by atoms with Gasteiger partial charge in [-0.25, -0.2) is 9.97 Å². The van der Waals surface area contributed by atoms with Gasteiger partial charge in [-0.15, -0.1) is 0 Å². The molecule has 3 saturated heterocycles. The van der Waals surface area contributed by atoms with E-state index in [1.165, 1.54) is 0 Å². The summed E-state index contributed by atoms with van der Waals surface area (Å²) in [6, 6.07) is 1.95. The van der Waals surface area contributed by atoms with Gasteiger partial charge in [-0.3, -0.25) is 4.79 Å². The van der Waals surface area contributed by atoms with E-state index in [1.54, 1.807) is 4.90 Å². The lowest BCUT2D eigenvalue weighted by Crippen LogP contribution is -2.68. The number of amides is 1. The van der Waals surface area contributed by atoms with Crippen molar-refractivity contribution < 1.29 is 14.6 Å². The van der Waals surface area contributed by atoms with Crippen molar-refractivity contribution in [1.29, 1.82) is 0 Å². The van der Waals surface area contributed by atoms with E-state index in [9.17, 15) is 9.90 Å². The van der Waals surface area contributed by atoms with Crippen LogP contribution < -0.4 is 10.2 Å². The minimum Gasteiger partial charge on any atom is -0.378 e. The van der Waals surface area contributed by atoms with Gasteiger partial charge in [0, 0.05) is 51.4 Å². The number of nitrogens with zero attached hydrogens (tertiary/aromatic N) is 4. The van der Waals surface area contributed by atoms with Crippen molar-refractivity contribution >= 4 is 11.7 Å². The summed E-state index contributed by atoms with van der Waals surface area (Å²) in [5.41, 5.74) is -1.19. The largest absolute Gasteiger partial charge is 0.378 e. The molecule has 0 aromatic carbocycles. The first-order chi connectivity index (χ1) is 12.2. The van der Waals surface area contributed by atoms with Crippen LogP contribution in [0.3, 0.4) is 0 Å². The minimum atomic E-state index is -1.19. The van der Waals surface area contributed by atoms with Gasteiger partial charge in [-0.05, 0) is 18.9 Å². The van der Waals surface area contributed by atoms with Crippen molar-refractivity contribution in [2.24, 2.45) is 0 Å². The Morgan fingerprint density at radius 2 is 1.96 bits per heavy atom. The zero-order chi connectivity index (χ0) is 17.3. The van der Waals surface area contributed by atoms with Gasteiger partial charge in [0.1, 0.15) is 11.6 Å².